The lowest BCUT2D eigenvalue weighted by molar-refractivity contribution is 0.0696. The monoisotopic (exact) mass is 368 g/mol. The number of carboxylic acid groups (broad SMARTS) is 1. The van der Waals surface area contributed by atoms with E-state index >= 15 is 0 Å². The Labute approximate surface area is 150 Å². The Morgan fingerprint density at radius 3 is 2.56 bits per heavy atom. The number of hydrogen-bond donors (Lipinski definition) is 2. The molecule has 1 aromatic carbocycles. The lowest BCUT2D eigenvalue weighted by atomic mass is 10.1. The summed E-state index contributed by atoms with van der Waals surface area (Å²) >= 11 is 0. The van der Waals surface area contributed by atoms with Gasteiger partial charge in [0.15, 0.2) is 0 Å². The van der Waals surface area contributed by atoms with Crippen molar-refractivity contribution in [3.63, 3.8) is 0 Å². The van der Waals surface area contributed by atoms with Gasteiger partial charge in [-0.1, -0.05) is 26.3 Å². The third-order valence-electron chi connectivity index (χ3n) is 4.62. The van der Waals surface area contributed by atoms with E-state index in [1.54, 1.807) is 6.07 Å². The van der Waals surface area contributed by atoms with Gasteiger partial charge in [-0.15, -0.1) is 0 Å². The summed E-state index contributed by atoms with van der Waals surface area (Å²) in [5, 5.41) is 9.12. The highest BCUT2D eigenvalue weighted by molar-refractivity contribution is 7.89. The standard InChI is InChI=1S/C18H28N2O4S/c1-3-15-7-8-16(18(21)22)11-17(15)25(23,24)19-12-14(2)13-20-9-5-4-6-10-20/h7-8,11,14,19H,3-6,9-10,12-13H2,1-2H3,(H,21,22). The van der Waals surface area contributed by atoms with Gasteiger partial charge in [-0.25, -0.2) is 17.9 Å². The van der Waals surface area contributed by atoms with Crippen LogP contribution in [0.5, 0.6) is 0 Å². The second-order valence-electron chi connectivity index (χ2n) is 6.80. The number of benzene rings is 1. The van der Waals surface area contributed by atoms with Gasteiger partial charge in [-0.2, -0.15) is 0 Å². The molecule has 1 aliphatic rings. The van der Waals surface area contributed by atoms with Crippen LogP contribution < -0.4 is 4.72 Å². The lowest BCUT2D eigenvalue weighted by Crippen LogP contribution is -2.38. The van der Waals surface area contributed by atoms with Gasteiger partial charge in [0.25, 0.3) is 0 Å². The van der Waals surface area contributed by atoms with Gasteiger partial charge in [-0.05, 0) is 56.0 Å². The molecule has 25 heavy (non-hydrogen) atoms. The van der Waals surface area contributed by atoms with E-state index < -0.39 is 16.0 Å². The van der Waals surface area contributed by atoms with Crippen molar-refractivity contribution in [3.05, 3.63) is 29.3 Å². The fraction of sp³-hybridized carbons (Fsp3) is 0.611. The third kappa shape index (κ3) is 5.52. The van der Waals surface area contributed by atoms with Crippen molar-refractivity contribution in [2.45, 2.75) is 44.4 Å². The second-order valence-corrected chi connectivity index (χ2v) is 8.53. The Morgan fingerprint density at radius 2 is 1.96 bits per heavy atom. The predicted octanol–water partition coefficient (Wildman–Crippen LogP) is 2.35. The van der Waals surface area contributed by atoms with Crippen LogP contribution in [0.2, 0.25) is 0 Å². The maximum atomic E-state index is 12.7. The first-order valence-electron chi connectivity index (χ1n) is 8.91. The van der Waals surface area contributed by atoms with Crippen LogP contribution in [-0.4, -0.2) is 50.6 Å². The molecule has 1 unspecified atom stereocenters. The molecule has 1 aromatic rings. The molecule has 140 valence electrons. The van der Waals surface area contributed by atoms with Crippen molar-refractivity contribution in [1.29, 1.82) is 0 Å². The predicted molar refractivity (Wildman–Crippen MR) is 97.4 cm³/mol. The van der Waals surface area contributed by atoms with Crippen molar-refractivity contribution < 1.29 is 18.3 Å². The van der Waals surface area contributed by atoms with E-state index in [1.807, 2.05) is 13.8 Å². The molecule has 0 saturated carbocycles. The minimum Gasteiger partial charge on any atom is -0.478 e. The zero-order chi connectivity index (χ0) is 18.4. The van der Waals surface area contributed by atoms with Crippen molar-refractivity contribution in [1.82, 2.24) is 9.62 Å². The smallest absolute Gasteiger partial charge is 0.335 e. The van der Waals surface area contributed by atoms with E-state index in [9.17, 15) is 13.2 Å². The summed E-state index contributed by atoms with van der Waals surface area (Å²) in [5.41, 5.74) is 0.611. The summed E-state index contributed by atoms with van der Waals surface area (Å²) in [6.07, 6.45) is 4.22. The molecule has 7 heteroatoms. The molecular weight excluding hydrogens is 340 g/mol. The maximum Gasteiger partial charge on any atom is 0.335 e. The lowest BCUT2D eigenvalue weighted by Gasteiger charge is -2.29. The first kappa shape index (κ1) is 19.9. The average molecular weight is 368 g/mol. The highest BCUT2D eigenvalue weighted by Gasteiger charge is 2.21. The number of nitrogens with zero attached hydrogens (tertiary/aromatic N) is 1. The van der Waals surface area contributed by atoms with E-state index in [4.69, 9.17) is 5.11 Å². The van der Waals surface area contributed by atoms with Crippen LogP contribution in [0, 0.1) is 5.92 Å². The molecule has 0 aliphatic carbocycles. The Balaban J connectivity index is 2.05. The number of hydrogen-bond acceptors (Lipinski definition) is 4. The number of carboxylic acids is 1. The van der Waals surface area contributed by atoms with Crippen LogP contribution in [0.3, 0.4) is 0 Å². The van der Waals surface area contributed by atoms with E-state index in [2.05, 4.69) is 9.62 Å². The molecule has 1 heterocycles. The summed E-state index contributed by atoms with van der Waals surface area (Å²) < 4.78 is 28.0. The molecule has 2 N–H and O–H groups in total. The summed E-state index contributed by atoms with van der Waals surface area (Å²) in [7, 11) is -3.73. The quantitative estimate of drug-likeness (QED) is 0.735. The first-order chi connectivity index (χ1) is 11.8. The van der Waals surface area contributed by atoms with Crippen molar-refractivity contribution in [2.75, 3.05) is 26.2 Å². The van der Waals surface area contributed by atoms with E-state index in [0.717, 1.165) is 19.6 Å². The largest absolute Gasteiger partial charge is 0.478 e. The molecule has 0 aromatic heterocycles. The number of aromatic carboxylic acids is 1. The Bertz CT molecular complexity index is 697. The van der Waals surface area contributed by atoms with Crippen LogP contribution in [0.15, 0.2) is 23.1 Å². The highest BCUT2D eigenvalue weighted by Crippen LogP contribution is 2.19. The third-order valence-corrected chi connectivity index (χ3v) is 6.13. The SMILES string of the molecule is CCc1ccc(C(=O)O)cc1S(=O)(=O)NCC(C)CN1CCCCC1. The number of sulfonamides is 1. The van der Waals surface area contributed by atoms with Crippen molar-refractivity contribution in [2.24, 2.45) is 5.92 Å². The second kappa shape index (κ2) is 8.78. The minimum atomic E-state index is -3.73. The van der Waals surface area contributed by atoms with Crippen LogP contribution in [0.25, 0.3) is 0 Å². The molecular formula is C18H28N2O4S. The summed E-state index contributed by atoms with van der Waals surface area (Å²) in [6.45, 7) is 7.27. The average Bonchev–Trinajstić information content (AvgIpc) is 2.60. The highest BCUT2D eigenvalue weighted by atomic mass is 32.2. The molecule has 1 aliphatic heterocycles. The number of carbonyl (C=O) groups is 1. The van der Waals surface area contributed by atoms with E-state index in [1.165, 1.54) is 31.4 Å². The molecule has 6 nitrogen and oxygen atoms in total. The number of aryl methyl sites for hydroxylation is 1. The van der Waals surface area contributed by atoms with Crippen LogP contribution >= 0.6 is 0 Å². The molecule has 1 saturated heterocycles. The maximum absolute atomic E-state index is 12.7. The van der Waals surface area contributed by atoms with Gasteiger partial charge in [0.2, 0.25) is 10.0 Å². The van der Waals surface area contributed by atoms with Gasteiger partial charge in [-0.3, -0.25) is 0 Å². The molecule has 0 spiro atoms. The molecule has 1 fully saturated rings. The first-order valence-corrected chi connectivity index (χ1v) is 10.4. The summed E-state index contributed by atoms with van der Waals surface area (Å²) in [4.78, 5) is 13.6. The number of likely N-dealkylation sites (tertiary alicyclic amines) is 1. The molecule has 1 atom stereocenters. The van der Waals surface area contributed by atoms with Crippen LogP contribution in [0.1, 0.15) is 49.0 Å². The number of piperidine rings is 1. The molecule has 0 bridgehead atoms. The number of rotatable bonds is 8. The molecule has 2 rings (SSSR count). The van der Waals surface area contributed by atoms with Crippen molar-refractivity contribution >= 4 is 16.0 Å². The Morgan fingerprint density at radius 1 is 1.28 bits per heavy atom. The fourth-order valence-corrected chi connectivity index (χ4v) is 4.71. The Kier molecular flexibility index (Phi) is 6.98. The van der Waals surface area contributed by atoms with Gasteiger partial charge in [0.05, 0.1) is 10.5 Å². The van der Waals surface area contributed by atoms with Crippen LogP contribution in [-0.2, 0) is 16.4 Å². The Hall–Kier alpha value is -1.44. The molecule has 0 radical (unpaired) electrons. The topological polar surface area (TPSA) is 86.7 Å². The normalized spacial score (nSPS) is 17.4. The van der Waals surface area contributed by atoms with Gasteiger partial charge in [0.1, 0.15) is 0 Å². The zero-order valence-electron chi connectivity index (χ0n) is 15.0. The van der Waals surface area contributed by atoms with Gasteiger partial charge < -0.3 is 10.0 Å². The van der Waals surface area contributed by atoms with Crippen LogP contribution in [0.4, 0.5) is 0 Å². The van der Waals surface area contributed by atoms with E-state index in [0.29, 0.717) is 18.5 Å². The number of nitrogens with one attached hydrogen (secondary N) is 1. The van der Waals surface area contributed by atoms with E-state index in [-0.39, 0.29) is 16.4 Å². The van der Waals surface area contributed by atoms with Gasteiger partial charge in [0, 0.05) is 13.1 Å². The summed E-state index contributed by atoms with van der Waals surface area (Å²) in [6, 6.07) is 4.27. The zero-order valence-corrected chi connectivity index (χ0v) is 15.8. The minimum absolute atomic E-state index is 0.0149. The summed E-state index contributed by atoms with van der Waals surface area (Å²) in [5.74, 6) is -0.932. The molecule has 0 amide bonds. The fourth-order valence-electron chi connectivity index (χ4n) is 3.21. The van der Waals surface area contributed by atoms with Gasteiger partial charge >= 0.3 is 5.97 Å². The van der Waals surface area contributed by atoms with Crippen molar-refractivity contribution in [3.8, 4) is 0 Å².